The van der Waals surface area contributed by atoms with Gasteiger partial charge in [-0.2, -0.15) is 0 Å². The van der Waals surface area contributed by atoms with Gasteiger partial charge in [-0.3, -0.25) is 0 Å². The zero-order chi connectivity index (χ0) is 11.6. The van der Waals surface area contributed by atoms with Crippen LogP contribution in [0.5, 0.6) is 0 Å². The summed E-state index contributed by atoms with van der Waals surface area (Å²) in [4.78, 5) is 2.26. The average molecular weight is 220 g/mol. The molecule has 3 nitrogen and oxygen atoms in total. The van der Waals surface area contributed by atoms with Crippen molar-refractivity contribution in [3.8, 4) is 0 Å². The molecule has 0 aliphatic carbocycles. The van der Waals surface area contributed by atoms with Crippen molar-refractivity contribution in [1.29, 1.82) is 0 Å². The van der Waals surface area contributed by atoms with Crippen molar-refractivity contribution in [1.82, 2.24) is 5.32 Å². The Kier molecular flexibility index (Phi) is 3.17. The molecule has 2 N–H and O–H groups in total. The van der Waals surface area contributed by atoms with Gasteiger partial charge in [-0.25, -0.2) is 0 Å². The van der Waals surface area contributed by atoms with Crippen molar-refractivity contribution in [2.75, 3.05) is 31.1 Å². The highest BCUT2D eigenvalue weighted by Gasteiger charge is 2.26. The highest BCUT2D eigenvalue weighted by atomic mass is 16.3. The van der Waals surface area contributed by atoms with Gasteiger partial charge in [0.25, 0.3) is 0 Å². The summed E-state index contributed by atoms with van der Waals surface area (Å²) < 4.78 is 0. The summed E-state index contributed by atoms with van der Waals surface area (Å²) in [7, 11) is 0. The lowest BCUT2D eigenvalue weighted by atomic mass is 10.1. The fraction of sp³-hybridized carbons (Fsp3) is 0.538. The molecular formula is C13H20N2O. The van der Waals surface area contributed by atoms with E-state index in [4.69, 9.17) is 0 Å². The summed E-state index contributed by atoms with van der Waals surface area (Å²) in [6, 6.07) is 8.33. The van der Waals surface area contributed by atoms with Crippen LogP contribution in [-0.2, 0) is 0 Å². The third-order valence-corrected chi connectivity index (χ3v) is 3.05. The van der Waals surface area contributed by atoms with Crippen molar-refractivity contribution in [3.05, 3.63) is 29.8 Å². The van der Waals surface area contributed by atoms with Crippen LogP contribution in [0.15, 0.2) is 24.3 Å². The minimum absolute atomic E-state index is 0.654. The van der Waals surface area contributed by atoms with Crippen molar-refractivity contribution < 1.29 is 5.11 Å². The van der Waals surface area contributed by atoms with Gasteiger partial charge < -0.3 is 15.3 Å². The fourth-order valence-electron chi connectivity index (χ4n) is 2.24. The molecule has 0 aromatic heterocycles. The number of hydrogen-bond donors (Lipinski definition) is 2. The molecule has 0 amide bonds. The van der Waals surface area contributed by atoms with Gasteiger partial charge in [0.05, 0.1) is 5.60 Å². The molecular weight excluding hydrogens is 200 g/mol. The first-order valence-corrected chi connectivity index (χ1v) is 5.82. The van der Waals surface area contributed by atoms with E-state index >= 15 is 0 Å². The number of anilines is 1. The highest BCUT2D eigenvalue weighted by molar-refractivity contribution is 5.53. The maximum atomic E-state index is 10.2. The van der Waals surface area contributed by atoms with E-state index in [9.17, 15) is 5.11 Å². The Balaban J connectivity index is 2.23. The third kappa shape index (κ3) is 2.54. The number of nitrogens with one attached hydrogen (secondary N) is 1. The molecule has 16 heavy (non-hydrogen) atoms. The van der Waals surface area contributed by atoms with Gasteiger partial charge in [-0.1, -0.05) is 18.2 Å². The van der Waals surface area contributed by atoms with Crippen LogP contribution in [0.2, 0.25) is 0 Å². The minimum atomic E-state index is -0.654. The Morgan fingerprint density at radius 1 is 1.38 bits per heavy atom. The molecule has 0 saturated carbocycles. The number of benzene rings is 1. The van der Waals surface area contributed by atoms with Crippen LogP contribution in [0.3, 0.4) is 0 Å². The van der Waals surface area contributed by atoms with Gasteiger partial charge in [0, 0.05) is 31.9 Å². The van der Waals surface area contributed by atoms with Crippen molar-refractivity contribution in [2.24, 2.45) is 0 Å². The second-order valence-electron chi connectivity index (χ2n) is 4.88. The maximum Gasteiger partial charge on any atom is 0.0917 e. The first-order chi connectivity index (χ1) is 7.58. The van der Waals surface area contributed by atoms with Gasteiger partial charge in [0.15, 0.2) is 0 Å². The van der Waals surface area contributed by atoms with E-state index in [0.717, 1.165) is 13.1 Å². The largest absolute Gasteiger partial charge is 0.387 e. The van der Waals surface area contributed by atoms with Gasteiger partial charge >= 0.3 is 0 Å². The number of hydrogen-bond acceptors (Lipinski definition) is 3. The number of aliphatic hydroxyl groups is 1. The lowest BCUT2D eigenvalue weighted by molar-refractivity contribution is 0.0729. The molecule has 1 fully saturated rings. The second-order valence-corrected chi connectivity index (χ2v) is 4.88. The maximum absolute atomic E-state index is 10.2. The summed E-state index contributed by atoms with van der Waals surface area (Å²) in [6.07, 6.45) is 0. The van der Waals surface area contributed by atoms with Crippen LogP contribution in [0.1, 0.15) is 12.5 Å². The smallest absolute Gasteiger partial charge is 0.0917 e. The van der Waals surface area contributed by atoms with Gasteiger partial charge in [-0.05, 0) is 25.5 Å². The first kappa shape index (κ1) is 11.4. The summed E-state index contributed by atoms with van der Waals surface area (Å²) in [5.41, 5.74) is 1.84. The molecule has 1 aliphatic rings. The van der Waals surface area contributed by atoms with Gasteiger partial charge in [0.1, 0.15) is 0 Å². The summed E-state index contributed by atoms with van der Waals surface area (Å²) in [6.45, 7) is 7.21. The van der Waals surface area contributed by atoms with Crippen LogP contribution in [0.25, 0.3) is 0 Å². The van der Waals surface area contributed by atoms with Crippen LogP contribution < -0.4 is 10.2 Å². The predicted octanol–water partition coefficient (Wildman–Crippen LogP) is 1.16. The number of nitrogens with zero attached hydrogens (tertiary/aromatic N) is 1. The van der Waals surface area contributed by atoms with E-state index < -0.39 is 5.60 Å². The summed E-state index contributed by atoms with van der Waals surface area (Å²) in [5.74, 6) is 0. The molecule has 0 radical (unpaired) electrons. The summed E-state index contributed by atoms with van der Waals surface area (Å²) in [5, 5.41) is 13.4. The Bertz CT molecular complexity index is 363. The van der Waals surface area contributed by atoms with Crippen molar-refractivity contribution in [3.63, 3.8) is 0 Å². The fourth-order valence-corrected chi connectivity index (χ4v) is 2.24. The van der Waals surface area contributed by atoms with E-state index in [1.807, 2.05) is 13.0 Å². The average Bonchev–Trinajstić information content (AvgIpc) is 2.40. The molecule has 2 rings (SSSR count). The third-order valence-electron chi connectivity index (χ3n) is 3.05. The molecule has 1 unspecified atom stereocenters. The number of aryl methyl sites for hydroxylation is 1. The normalized spacial score (nSPS) is 26.6. The molecule has 1 aromatic carbocycles. The van der Waals surface area contributed by atoms with Crippen molar-refractivity contribution >= 4 is 5.69 Å². The zero-order valence-electron chi connectivity index (χ0n) is 10.0. The predicted molar refractivity (Wildman–Crippen MR) is 66.9 cm³/mol. The Morgan fingerprint density at radius 3 is 2.88 bits per heavy atom. The summed E-state index contributed by atoms with van der Waals surface area (Å²) >= 11 is 0. The zero-order valence-corrected chi connectivity index (χ0v) is 10.0. The Hall–Kier alpha value is -1.06. The van der Waals surface area contributed by atoms with E-state index in [1.165, 1.54) is 11.3 Å². The molecule has 0 spiro atoms. The van der Waals surface area contributed by atoms with Gasteiger partial charge in [-0.15, -0.1) is 0 Å². The van der Waals surface area contributed by atoms with Crippen LogP contribution in [-0.4, -0.2) is 36.9 Å². The Morgan fingerprint density at radius 2 is 2.12 bits per heavy atom. The second kappa shape index (κ2) is 4.44. The molecule has 1 aliphatic heterocycles. The SMILES string of the molecule is Cc1ccccc1N1CCNCC(C)(O)C1. The minimum Gasteiger partial charge on any atom is -0.387 e. The van der Waals surface area contributed by atoms with E-state index in [-0.39, 0.29) is 0 Å². The molecule has 3 heteroatoms. The van der Waals surface area contributed by atoms with E-state index in [0.29, 0.717) is 13.1 Å². The van der Waals surface area contributed by atoms with Crippen LogP contribution >= 0.6 is 0 Å². The standard InChI is InChI=1S/C13H20N2O/c1-11-5-3-4-6-12(11)15-8-7-14-9-13(2,16)10-15/h3-6,14,16H,7-10H2,1-2H3. The van der Waals surface area contributed by atoms with Gasteiger partial charge in [0.2, 0.25) is 0 Å². The number of para-hydroxylation sites is 1. The highest BCUT2D eigenvalue weighted by Crippen LogP contribution is 2.22. The number of β-amino-alcohol motifs (C(OH)–C–C–N with tert-alkyl or cyclic N) is 1. The Labute approximate surface area is 97.1 Å². The molecule has 1 saturated heterocycles. The molecule has 88 valence electrons. The lowest BCUT2D eigenvalue weighted by Gasteiger charge is -2.30. The quantitative estimate of drug-likeness (QED) is 0.745. The number of rotatable bonds is 1. The molecule has 0 bridgehead atoms. The molecule has 1 heterocycles. The first-order valence-electron chi connectivity index (χ1n) is 5.82. The topological polar surface area (TPSA) is 35.5 Å². The van der Waals surface area contributed by atoms with E-state index in [2.05, 4.69) is 35.3 Å². The van der Waals surface area contributed by atoms with Crippen molar-refractivity contribution in [2.45, 2.75) is 19.4 Å². The van der Waals surface area contributed by atoms with Crippen LogP contribution in [0.4, 0.5) is 5.69 Å². The lowest BCUT2D eigenvalue weighted by Crippen LogP contribution is -2.43. The van der Waals surface area contributed by atoms with Crippen LogP contribution in [0, 0.1) is 6.92 Å². The van der Waals surface area contributed by atoms with E-state index in [1.54, 1.807) is 0 Å². The molecule has 1 atom stereocenters. The monoisotopic (exact) mass is 220 g/mol. The molecule has 1 aromatic rings.